The van der Waals surface area contributed by atoms with Gasteiger partial charge in [0.2, 0.25) is 0 Å². The van der Waals surface area contributed by atoms with E-state index in [0.29, 0.717) is 0 Å². The molecule has 0 aliphatic rings. The van der Waals surface area contributed by atoms with Crippen molar-refractivity contribution < 1.29 is 0 Å². The van der Waals surface area contributed by atoms with Gasteiger partial charge in [-0.15, -0.1) is 0 Å². The molecule has 0 amide bonds. The lowest BCUT2D eigenvalue weighted by atomic mass is 9.91. The van der Waals surface area contributed by atoms with E-state index in [1.165, 1.54) is 114 Å². The van der Waals surface area contributed by atoms with E-state index in [2.05, 4.69) is 174 Å². The van der Waals surface area contributed by atoms with Crippen molar-refractivity contribution in [3.8, 4) is 0 Å². The third-order valence-corrected chi connectivity index (χ3v) is 12.3. The minimum atomic E-state index is 0.923. The van der Waals surface area contributed by atoms with E-state index in [1.807, 2.05) is 0 Å². The SMILES string of the molecule is CCCCc1c(C)c(C)c(C)c2c3ccccc3n(Cc3ccccc3)c12.CCCCc1c(C)c(C)c(C)c2c3ccccc3n(Cc3ccccc3)c12. The topological polar surface area (TPSA) is 9.86 Å². The third-order valence-electron chi connectivity index (χ3n) is 12.3. The number of para-hydroxylation sites is 2. The molecule has 0 bridgehead atoms. The fraction of sp³-hybridized carbons (Fsp3) is 0.308. The third kappa shape index (κ3) is 6.77. The minimum Gasteiger partial charge on any atom is -0.336 e. The molecule has 54 heavy (non-hydrogen) atoms. The lowest BCUT2D eigenvalue weighted by Crippen LogP contribution is -2.05. The number of nitrogens with zero attached hydrogens (tertiary/aromatic N) is 2. The first-order valence-corrected chi connectivity index (χ1v) is 20.3. The molecule has 0 N–H and O–H groups in total. The van der Waals surface area contributed by atoms with Gasteiger partial charge in [-0.25, -0.2) is 0 Å². The summed E-state index contributed by atoms with van der Waals surface area (Å²) in [5, 5.41) is 5.69. The second-order valence-corrected chi connectivity index (χ2v) is 15.5. The van der Waals surface area contributed by atoms with Crippen LogP contribution >= 0.6 is 0 Å². The van der Waals surface area contributed by atoms with Crippen LogP contribution in [0.2, 0.25) is 0 Å². The maximum atomic E-state index is 2.56. The standard InChI is InChI=1S/2C26H29N/c2*1-5-6-14-22-19(3)18(2)20(4)25-23-15-10-11-16-24(23)27(26(22)25)17-21-12-8-7-9-13-21/h2*7-13,15-16H,5-6,14,17H2,1-4H3. The van der Waals surface area contributed by atoms with Gasteiger partial charge in [0.15, 0.2) is 0 Å². The van der Waals surface area contributed by atoms with Gasteiger partial charge in [0, 0.05) is 45.7 Å². The zero-order valence-corrected chi connectivity index (χ0v) is 33.9. The van der Waals surface area contributed by atoms with Gasteiger partial charge in [-0.1, -0.05) is 124 Å². The maximum absolute atomic E-state index is 2.56. The molecule has 2 heteroatoms. The molecule has 8 aromatic rings. The first-order valence-electron chi connectivity index (χ1n) is 20.3. The first kappa shape index (κ1) is 37.2. The molecule has 0 unspecified atom stereocenters. The average molecular weight is 711 g/mol. The molecule has 0 aliphatic heterocycles. The number of hydrogen-bond donors (Lipinski definition) is 0. The molecule has 0 saturated carbocycles. The van der Waals surface area contributed by atoms with Crippen molar-refractivity contribution in [2.75, 3.05) is 0 Å². The molecule has 276 valence electrons. The Morgan fingerprint density at radius 3 is 1.11 bits per heavy atom. The van der Waals surface area contributed by atoms with Gasteiger partial charge < -0.3 is 9.13 Å². The summed E-state index contributed by atoms with van der Waals surface area (Å²) in [4.78, 5) is 0. The van der Waals surface area contributed by atoms with E-state index in [4.69, 9.17) is 0 Å². The largest absolute Gasteiger partial charge is 0.336 e. The molecular formula is C52H58N2. The molecule has 2 nitrogen and oxygen atoms in total. The average Bonchev–Trinajstić information content (AvgIpc) is 3.70. The second-order valence-electron chi connectivity index (χ2n) is 15.5. The van der Waals surface area contributed by atoms with Crippen LogP contribution in [0.5, 0.6) is 0 Å². The van der Waals surface area contributed by atoms with Crippen molar-refractivity contribution in [1.29, 1.82) is 0 Å². The van der Waals surface area contributed by atoms with Crippen molar-refractivity contribution >= 4 is 43.6 Å². The summed E-state index contributed by atoms with van der Waals surface area (Å²) < 4.78 is 5.12. The van der Waals surface area contributed by atoms with Gasteiger partial charge in [-0.2, -0.15) is 0 Å². The highest BCUT2D eigenvalue weighted by atomic mass is 15.0. The predicted molar refractivity (Wildman–Crippen MR) is 236 cm³/mol. The molecule has 0 aliphatic carbocycles. The molecule has 0 fully saturated rings. The summed E-state index contributed by atoms with van der Waals surface area (Å²) in [6, 6.07) is 39.6. The molecule has 0 radical (unpaired) electrons. The number of hydrogen-bond acceptors (Lipinski definition) is 0. The highest BCUT2D eigenvalue weighted by molar-refractivity contribution is 6.12. The van der Waals surface area contributed by atoms with Gasteiger partial charge in [0.25, 0.3) is 0 Å². The smallest absolute Gasteiger partial charge is 0.0532 e. The van der Waals surface area contributed by atoms with Crippen LogP contribution in [0, 0.1) is 41.5 Å². The Morgan fingerprint density at radius 2 is 0.741 bits per heavy atom. The Kier molecular flexibility index (Phi) is 11.1. The van der Waals surface area contributed by atoms with Crippen molar-refractivity contribution in [1.82, 2.24) is 9.13 Å². The summed E-state index contributed by atoms with van der Waals surface area (Å²) >= 11 is 0. The summed E-state index contributed by atoms with van der Waals surface area (Å²) in [7, 11) is 0. The summed E-state index contributed by atoms with van der Waals surface area (Å²) in [5.41, 5.74) is 20.1. The molecule has 8 rings (SSSR count). The van der Waals surface area contributed by atoms with Crippen LogP contribution in [0.15, 0.2) is 109 Å². The molecule has 0 saturated heterocycles. The number of aromatic nitrogens is 2. The van der Waals surface area contributed by atoms with Crippen LogP contribution in [0.4, 0.5) is 0 Å². The number of benzene rings is 6. The van der Waals surface area contributed by atoms with E-state index in [0.717, 1.165) is 25.9 Å². The molecule has 2 heterocycles. The summed E-state index contributed by atoms with van der Waals surface area (Å²) in [5.74, 6) is 0. The minimum absolute atomic E-state index is 0.923. The quantitative estimate of drug-likeness (QED) is 0.134. The van der Waals surface area contributed by atoms with E-state index < -0.39 is 0 Å². The summed E-state index contributed by atoms with van der Waals surface area (Å²) in [6.07, 6.45) is 7.26. The van der Waals surface area contributed by atoms with E-state index >= 15 is 0 Å². The Morgan fingerprint density at radius 1 is 0.389 bits per heavy atom. The Hall–Kier alpha value is -5.08. The van der Waals surface area contributed by atoms with Crippen molar-refractivity contribution in [3.63, 3.8) is 0 Å². The molecule has 0 spiro atoms. The van der Waals surface area contributed by atoms with E-state index in [9.17, 15) is 0 Å². The van der Waals surface area contributed by atoms with Crippen LogP contribution in [0.3, 0.4) is 0 Å². The highest BCUT2D eigenvalue weighted by Crippen LogP contribution is 2.40. The lowest BCUT2D eigenvalue weighted by Gasteiger charge is -2.17. The lowest BCUT2D eigenvalue weighted by molar-refractivity contribution is 0.784. The van der Waals surface area contributed by atoms with Gasteiger partial charge in [-0.3, -0.25) is 0 Å². The molecule has 6 aromatic carbocycles. The second kappa shape index (κ2) is 16.1. The zero-order chi connectivity index (χ0) is 37.9. The van der Waals surface area contributed by atoms with Crippen LogP contribution in [-0.4, -0.2) is 9.13 Å². The molecular weight excluding hydrogens is 653 g/mol. The molecule has 2 aromatic heterocycles. The van der Waals surface area contributed by atoms with Gasteiger partial charge >= 0.3 is 0 Å². The maximum Gasteiger partial charge on any atom is 0.0532 e. The Bertz CT molecular complexity index is 2380. The monoisotopic (exact) mass is 710 g/mol. The summed E-state index contributed by atoms with van der Waals surface area (Å²) in [6.45, 7) is 20.2. The van der Waals surface area contributed by atoms with Crippen molar-refractivity contribution in [2.24, 2.45) is 0 Å². The number of unbranched alkanes of at least 4 members (excludes halogenated alkanes) is 2. The zero-order valence-electron chi connectivity index (χ0n) is 33.9. The number of rotatable bonds is 10. The predicted octanol–water partition coefficient (Wildman–Crippen LogP) is 14.2. The van der Waals surface area contributed by atoms with Gasteiger partial charge in [0.05, 0.1) is 11.0 Å². The van der Waals surface area contributed by atoms with Crippen molar-refractivity contribution in [2.45, 2.75) is 107 Å². The van der Waals surface area contributed by atoms with Gasteiger partial charge in [-0.05, 0) is 135 Å². The first-order chi connectivity index (χ1) is 26.3. The van der Waals surface area contributed by atoms with E-state index in [-0.39, 0.29) is 0 Å². The normalized spacial score (nSPS) is 11.6. The van der Waals surface area contributed by atoms with Crippen LogP contribution in [0.25, 0.3) is 43.6 Å². The number of aryl methyl sites for hydroxylation is 4. The fourth-order valence-corrected chi connectivity index (χ4v) is 8.92. The number of fused-ring (bicyclic) bond motifs is 6. The highest BCUT2D eigenvalue weighted by Gasteiger charge is 2.21. The van der Waals surface area contributed by atoms with E-state index in [1.54, 1.807) is 11.1 Å². The van der Waals surface area contributed by atoms with Gasteiger partial charge in [0.1, 0.15) is 0 Å². The Balaban J connectivity index is 0.000000167. The van der Waals surface area contributed by atoms with Crippen molar-refractivity contribution in [3.05, 3.63) is 165 Å². The molecule has 0 atom stereocenters. The van der Waals surface area contributed by atoms with Crippen LogP contribution in [-0.2, 0) is 25.9 Å². The van der Waals surface area contributed by atoms with Crippen LogP contribution in [0.1, 0.15) is 95.2 Å². The van der Waals surface area contributed by atoms with Crippen LogP contribution < -0.4 is 0 Å². The fourth-order valence-electron chi connectivity index (χ4n) is 8.92. The Labute approximate surface area is 323 Å².